The van der Waals surface area contributed by atoms with E-state index < -0.39 is 0 Å². The van der Waals surface area contributed by atoms with Gasteiger partial charge in [0.05, 0.1) is 6.61 Å². The van der Waals surface area contributed by atoms with Crippen LogP contribution in [0.25, 0.3) is 0 Å². The summed E-state index contributed by atoms with van der Waals surface area (Å²) in [6, 6.07) is 1.57. The lowest BCUT2D eigenvalue weighted by molar-refractivity contribution is -0.126. The van der Waals surface area contributed by atoms with Gasteiger partial charge in [0.15, 0.2) is 0 Å². The van der Waals surface area contributed by atoms with Gasteiger partial charge in [-0.3, -0.25) is 18.7 Å². The average Bonchev–Trinajstić information content (AvgIpc) is 2.78. The molecule has 0 aromatic carbocycles. The zero-order valence-electron chi connectivity index (χ0n) is 18.6. The van der Waals surface area contributed by atoms with Crippen molar-refractivity contribution in [3.8, 4) is 0 Å². The lowest BCUT2D eigenvalue weighted by atomic mass is 9.94. The molecule has 3 heterocycles. The Morgan fingerprint density at radius 1 is 1.06 bits per heavy atom. The maximum absolute atomic E-state index is 12.8. The molecular weight excluding hydrogens is 402 g/mol. The third-order valence-electron chi connectivity index (χ3n) is 6.25. The Kier molecular flexibility index (Phi) is 7.40. The molecule has 3 rings (SSSR count). The summed E-state index contributed by atoms with van der Waals surface area (Å²) < 4.78 is 7.74. The van der Waals surface area contributed by atoms with E-state index in [2.05, 4.69) is 5.32 Å². The minimum Gasteiger partial charge on any atom is -0.450 e. The molecule has 31 heavy (non-hydrogen) atoms. The maximum atomic E-state index is 12.8. The summed E-state index contributed by atoms with van der Waals surface area (Å²) >= 11 is 0. The number of ether oxygens (including phenoxy) is 1. The normalized spacial score (nSPS) is 18.2. The van der Waals surface area contributed by atoms with Crippen LogP contribution in [0, 0.1) is 5.92 Å². The molecule has 0 saturated carbocycles. The summed E-state index contributed by atoms with van der Waals surface area (Å²) in [5, 5.41) is 3.14. The molecule has 10 nitrogen and oxygen atoms in total. The highest BCUT2D eigenvalue weighted by Crippen LogP contribution is 2.23. The van der Waals surface area contributed by atoms with Crippen molar-refractivity contribution in [3.63, 3.8) is 0 Å². The smallest absolute Gasteiger partial charge is 0.409 e. The molecule has 0 spiro atoms. The number of carbonyl (C=O) groups excluding carboxylic acids is 2. The van der Waals surface area contributed by atoms with Crippen LogP contribution in [0.4, 0.5) is 10.6 Å². The van der Waals surface area contributed by atoms with Crippen molar-refractivity contribution in [3.05, 3.63) is 26.9 Å². The molecule has 2 amide bonds. The van der Waals surface area contributed by atoms with Crippen molar-refractivity contribution in [1.82, 2.24) is 19.4 Å². The molecule has 1 N–H and O–H groups in total. The first-order valence-electron chi connectivity index (χ1n) is 11.1. The van der Waals surface area contributed by atoms with Gasteiger partial charge in [0, 0.05) is 57.8 Å². The van der Waals surface area contributed by atoms with Crippen molar-refractivity contribution < 1.29 is 14.3 Å². The first kappa shape index (κ1) is 22.9. The molecule has 2 fully saturated rings. The predicted octanol–water partition coefficient (Wildman–Crippen LogP) is 0.520. The van der Waals surface area contributed by atoms with Gasteiger partial charge in [-0.25, -0.2) is 9.59 Å². The number of aromatic nitrogens is 2. The van der Waals surface area contributed by atoms with Crippen LogP contribution in [-0.2, 0) is 23.1 Å². The first-order chi connectivity index (χ1) is 14.8. The maximum Gasteiger partial charge on any atom is 0.409 e. The number of rotatable bonds is 5. The molecule has 0 aliphatic carbocycles. The van der Waals surface area contributed by atoms with E-state index in [0.29, 0.717) is 58.0 Å². The Morgan fingerprint density at radius 2 is 1.71 bits per heavy atom. The first-order valence-corrected chi connectivity index (χ1v) is 11.1. The SMILES string of the molecule is CCOC(=O)N1CCC(NC(=O)C2CCN(c3cc(=O)n(C)c(=O)n3CC)CC2)CC1. The van der Waals surface area contributed by atoms with Crippen LogP contribution in [0.15, 0.2) is 15.7 Å². The molecule has 0 bridgehead atoms. The van der Waals surface area contributed by atoms with Gasteiger partial charge in [0.2, 0.25) is 5.91 Å². The molecule has 0 unspecified atom stereocenters. The van der Waals surface area contributed by atoms with Gasteiger partial charge in [-0.05, 0) is 39.5 Å². The lowest BCUT2D eigenvalue weighted by Crippen LogP contribution is -2.49. The fourth-order valence-electron chi connectivity index (χ4n) is 4.33. The van der Waals surface area contributed by atoms with Crippen molar-refractivity contribution in [1.29, 1.82) is 0 Å². The standard InChI is InChI=1S/C21H33N5O5/c1-4-26-17(14-18(27)23(3)20(26)29)24-10-6-15(7-11-24)19(28)22-16-8-12-25(13-9-16)21(30)31-5-2/h14-16H,4-13H2,1-3H3,(H,22,28). The van der Waals surface area contributed by atoms with E-state index in [0.717, 1.165) is 17.4 Å². The number of anilines is 1. The highest BCUT2D eigenvalue weighted by atomic mass is 16.6. The second-order valence-corrected chi connectivity index (χ2v) is 8.16. The van der Waals surface area contributed by atoms with Crippen molar-refractivity contribution in [2.45, 2.75) is 52.1 Å². The van der Waals surface area contributed by atoms with Gasteiger partial charge >= 0.3 is 11.8 Å². The second-order valence-electron chi connectivity index (χ2n) is 8.16. The topological polar surface area (TPSA) is 106 Å². The zero-order chi connectivity index (χ0) is 22.5. The van der Waals surface area contributed by atoms with Crippen molar-refractivity contribution >= 4 is 17.8 Å². The number of nitrogens with one attached hydrogen (secondary N) is 1. The van der Waals surface area contributed by atoms with Gasteiger partial charge in [0.25, 0.3) is 5.56 Å². The number of likely N-dealkylation sites (tertiary alicyclic amines) is 1. The number of hydrogen-bond donors (Lipinski definition) is 1. The van der Waals surface area contributed by atoms with Gasteiger partial charge in [-0.2, -0.15) is 0 Å². The van der Waals surface area contributed by atoms with E-state index >= 15 is 0 Å². The van der Waals surface area contributed by atoms with E-state index in [1.165, 1.54) is 13.1 Å². The highest BCUT2D eigenvalue weighted by Gasteiger charge is 2.30. The summed E-state index contributed by atoms with van der Waals surface area (Å²) in [5.41, 5.74) is -0.641. The minimum atomic E-state index is -0.321. The number of nitrogens with zero attached hydrogens (tertiary/aromatic N) is 4. The van der Waals surface area contributed by atoms with Crippen LogP contribution < -0.4 is 21.5 Å². The van der Waals surface area contributed by atoms with Crippen LogP contribution >= 0.6 is 0 Å². The Labute approximate surface area is 181 Å². The summed E-state index contributed by atoms with van der Waals surface area (Å²) in [6.07, 6.45) is 2.49. The Balaban J connectivity index is 1.53. The Bertz CT molecular complexity index is 908. The largest absolute Gasteiger partial charge is 0.450 e. The van der Waals surface area contributed by atoms with Gasteiger partial charge in [0.1, 0.15) is 5.82 Å². The van der Waals surface area contributed by atoms with Crippen molar-refractivity contribution in [2.75, 3.05) is 37.7 Å². The quantitative estimate of drug-likeness (QED) is 0.723. The van der Waals surface area contributed by atoms with Crippen LogP contribution in [0.2, 0.25) is 0 Å². The fourth-order valence-corrected chi connectivity index (χ4v) is 4.33. The predicted molar refractivity (Wildman–Crippen MR) is 116 cm³/mol. The average molecular weight is 436 g/mol. The van der Waals surface area contributed by atoms with Crippen LogP contribution in [0.1, 0.15) is 39.5 Å². The number of piperidine rings is 2. The fraction of sp³-hybridized carbons (Fsp3) is 0.714. The Hall–Kier alpha value is -2.78. The van der Waals surface area contributed by atoms with E-state index in [1.54, 1.807) is 16.4 Å². The third kappa shape index (κ3) is 5.11. The van der Waals surface area contributed by atoms with E-state index in [9.17, 15) is 19.2 Å². The molecule has 0 radical (unpaired) electrons. The Morgan fingerprint density at radius 3 is 2.29 bits per heavy atom. The number of hydrogen-bond acceptors (Lipinski definition) is 6. The van der Waals surface area contributed by atoms with Crippen LogP contribution in [0.5, 0.6) is 0 Å². The minimum absolute atomic E-state index is 0.0473. The van der Waals surface area contributed by atoms with Crippen molar-refractivity contribution in [2.24, 2.45) is 13.0 Å². The van der Waals surface area contributed by atoms with E-state index in [-0.39, 0.29) is 35.2 Å². The van der Waals surface area contributed by atoms with E-state index in [4.69, 9.17) is 4.74 Å². The monoisotopic (exact) mass is 435 g/mol. The molecule has 172 valence electrons. The van der Waals surface area contributed by atoms with Gasteiger partial charge in [-0.1, -0.05) is 0 Å². The molecule has 10 heteroatoms. The lowest BCUT2D eigenvalue weighted by Gasteiger charge is -2.36. The number of amides is 2. The molecular formula is C21H33N5O5. The molecule has 2 aliphatic heterocycles. The molecule has 2 aliphatic rings. The van der Waals surface area contributed by atoms with Crippen LogP contribution in [-0.4, -0.2) is 64.9 Å². The van der Waals surface area contributed by atoms with Gasteiger partial charge < -0.3 is 19.9 Å². The summed E-state index contributed by atoms with van der Waals surface area (Å²) in [6.45, 7) is 6.91. The van der Waals surface area contributed by atoms with Crippen LogP contribution in [0.3, 0.4) is 0 Å². The number of carbonyl (C=O) groups is 2. The summed E-state index contributed by atoms with van der Waals surface area (Å²) in [4.78, 5) is 52.7. The third-order valence-corrected chi connectivity index (χ3v) is 6.25. The highest BCUT2D eigenvalue weighted by molar-refractivity contribution is 5.79. The summed E-state index contributed by atoms with van der Waals surface area (Å²) in [5.74, 6) is 0.583. The molecule has 1 aromatic rings. The zero-order valence-corrected chi connectivity index (χ0v) is 18.6. The van der Waals surface area contributed by atoms with E-state index in [1.807, 2.05) is 11.8 Å². The molecule has 0 atom stereocenters. The van der Waals surface area contributed by atoms with Gasteiger partial charge in [-0.15, -0.1) is 0 Å². The molecule has 1 aromatic heterocycles. The molecule has 2 saturated heterocycles. The second kappa shape index (κ2) is 10.0. The summed E-state index contributed by atoms with van der Waals surface area (Å²) in [7, 11) is 1.48.